The van der Waals surface area contributed by atoms with Crippen LogP contribution in [0.5, 0.6) is 0 Å². The summed E-state index contributed by atoms with van der Waals surface area (Å²) in [5.74, 6) is 3.87. The number of thioether (sulfide) groups is 1. The maximum Gasteiger partial charge on any atom is 0.315 e. The quantitative estimate of drug-likeness (QED) is 0.336. The van der Waals surface area contributed by atoms with Gasteiger partial charge >= 0.3 is 6.03 Å². The SMILES string of the molecule is CSc1nnc(CCCNC(=O)CCNC(=O)NC23CC4CC(CC(C4)C2)C3)n1CC(C)C. The molecule has 33 heavy (non-hydrogen) atoms. The predicted molar refractivity (Wildman–Crippen MR) is 130 cm³/mol. The lowest BCUT2D eigenvalue weighted by Crippen LogP contribution is -2.61. The van der Waals surface area contributed by atoms with Gasteiger partial charge in [0.15, 0.2) is 5.16 Å². The van der Waals surface area contributed by atoms with E-state index in [0.717, 1.165) is 67.4 Å². The van der Waals surface area contributed by atoms with Crippen molar-refractivity contribution in [2.45, 2.75) is 88.9 Å². The molecule has 184 valence electrons. The Kier molecular flexibility index (Phi) is 7.87. The fraction of sp³-hybridized carbons (Fsp3) is 0.833. The predicted octanol–water partition coefficient (Wildman–Crippen LogP) is 3.36. The molecule has 3 amide bonds. The highest BCUT2D eigenvalue weighted by Gasteiger charge is 2.51. The van der Waals surface area contributed by atoms with Crippen molar-refractivity contribution >= 4 is 23.7 Å². The summed E-state index contributed by atoms with van der Waals surface area (Å²) < 4.78 is 2.18. The zero-order chi connectivity index (χ0) is 23.4. The first-order chi connectivity index (χ1) is 15.9. The number of aromatic nitrogens is 3. The Hall–Kier alpha value is -1.77. The molecular weight excluding hydrogens is 436 g/mol. The Morgan fingerprint density at radius 2 is 1.73 bits per heavy atom. The second-order valence-corrected chi connectivity index (χ2v) is 11.7. The molecule has 4 aliphatic carbocycles. The van der Waals surface area contributed by atoms with Gasteiger partial charge < -0.3 is 20.5 Å². The molecule has 4 fully saturated rings. The van der Waals surface area contributed by atoms with Crippen molar-refractivity contribution in [1.29, 1.82) is 0 Å². The molecule has 0 saturated heterocycles. The summed E-state index contributed by atoms with van der Waals surface area (Å²) in [6.07, 6.45) is 11.4. The lowest BCUT2D eigenvalue weighted by atomic mass is 9.53. The summed E-state index contributed by atoms with van der Waals surface area (Å²) in [4.78, 5) is 24.7. The van der Waals surface area contributed by atoms with Crippen LogP contribution in [0.1, 0.15) is 71.0 Å². The number of urea groups is 1. The van der Waals surface area contributed by atoms with E-state index in [1.807, 2.05) is 6.26 Å². The maximum absolute atomic E-state index is 12.5. The van der Waals surface area contributed by atoms with E-state index in [1.165, 1.54) is 19.3 Å². The Labute approximate surface area is 201 Å². The van der Waals surface area contributed by atoms with Crippen molar-refractivity contribution in [1.82, 2.24) is 30.7 Å². The van der Waals surface area contributed by atoms with E-state index < -0.39 is 0 Å². The molecule has 0 aromatic carbocycles. The molecule has 0 unspecified atom stereocenters. The number of aryl methyl sites for hydroxylation is 1. The summed E-state index contributed by atoms with van der Waals surface area (Å²) in [6.45, 7) is 6.24. The van der Waals surface area contributed by atoms with Gasteiger partial charge in [-0.15, -0.1) is 10.2 Å². The molecule has 0 aliphatic heterocycles. The minimum Gasteiger partial charge on any atom is -0.356 e. The van der Waals surface area contributed by atoms with Gasteiger partial charge in [-0.2, -0.15) is 0 Å². The molecule has 0 atom stereocenters. The van der Waals surface area contributed by atoms with Crippen molar-refractivity contribution in [3.05, 3.63) is 5.82 Å². The first-order valence-electron chi connectivity index (χ1n) is 12.6. The number of hydrogen-bond donors (Lipinski definition) is 3. The molecule has 4 aliphatic rings. The molecule has 1 heterocycles. The standard InChI is InChI=1S/C24H40N6O2S/c1-16(2)15-30-20(28-29-23(30)33-3)5-4-7-25-21(31)6-8-26-22(32)27-24-12-17-9-18(13-24)11-19(10-17)14-24/h16-19H,4-15H2,1-3H3,(H,25,31)(H2,26,27,32). The number of nitrogens with one attached hydrogen (secondary N) is 3. The van der Waals surface area contributed by atoms with Gasteiger partial charge in [0.2, 0.25) is 5.91 Å². The minimum absolute atomic E-state index is 0.00731. The Balaban J connectivity index is 1.11. The van der Waals surface area contributed by atoms with Crippen LogP contribution in [0.4, 0.5) is 4.79 Å². The van der Waals surface area contributed by atoms with Gasteiger partial charge in [0, 0.05) is 38.0 Å². The van der Waals surface area contributed by atoms with E-state index in [9.17, 15) is 9.59 Å². The highest BCUT2D eigenvalue weighted by molar-refractivity contribution is 7.98. The number of nitrogens with zero attached hydrogens (tertiary/aromatic N) is 3. The summed E-state index contributed by atoms with van der Waals surface area (Å²) >= 11 is 1.61. The van der Waals surface area contributed by atoms with Gasteiger partial charge in [-0.05, 0) is 74.9 Å². The molecule has 1 aromatic heterocycles. The van der Waals surface area contributed by atoms with Crippen molar-refractivity contribution < 1.29 is 9.59 Å². The number of carbonyl (C=O) groups excluding carboxylic acids is 2. The first kappa shape index (κ1) is 24.4. The van der Waals surface area contributed by atoms with Gasteiger partial charge in [0.05, 0.1) is 0 Å². The number of hydrogen-bond acceptors (Lipinski definition) is 5. The zero-order valence-corrected chi connectivity index (χ0v) is 21.2. The molecule has 5 rings (SSSR count). The van der Waals surface area contributed by atoms with Crippen LogP contribution in [0.25, 0.3) is 0 Å². The lowest BCUT2D eigenvalue weighted by Gasteiger charge is -2.56. The van der Waals surface area contributed by atoms with Crippen LogP contribution >= 0.6 is 11.8 Å². The third kappa shape index (κ3) is 6.22. The van der Waals surface area contributed by atoms with E-state index in [4.69, 9.17) is 0 Å². The third-order valence-corrected chi connectivity index (χ3v) is 8.14. The maximum atomic E-state index is 12.5. The van der Waals surface area contributed by atoms with E-state index in [2.05, 4.69) is 44.6 Å². The first-order valence-corrected chi connectivity index (χ1v) is 13.9. The van der Waals surface area contributed by atoms with Gasteiger partial charge in [-0.3, -0.25) is 4.79 Å². The summed E-state index contributed by atoms with van der Waals surface area (Å²) in [6, 6.07) is -0.112. The fourth-order valence-corrected chi connectivity index (χ4v) is 7.13. The largest absolute Gasteiger partial charge is 0.356 e. The van der Waals surface area contributed by atoms with E-state index in [1.54, 1.807) is 11.8 Å². The van der Waals surface area contributed by atoms with Gasteiger partial charge in [0.1, 0.15) is 5.82 Å². The Morgan fingerprint density at radius 3 is 2.33 bits per heavy atom. The van der Waals surface area contributed by atoms with Crippen LogP contribution < -0.4 is 16.0 Å². The number of carbonyl (C=O) groups is 2. The number of amides is 3. The highest BCUT2D eigenvalue weighted by atomic mass is 32.2. The number of rotatable bonds is 11. The molecule has 8 nitrogen and oxygen atoms in total. The molecule has 3 N–H and O–H groups in total. The summed E-state index contributed by atoms with van der Waals surface area (Å²) in [5, 5.41) is 18.7. The van der Waals surface area contributed by atoms with Gasteiger partial charge in [0.25, 0.3) is 0 Å². The van der Waals surface area contributed by atoms with Crippen LogP contribution in [0.3, 0.4) is 0 Å². The van der Waals surface area contributed by atoms with Crippen LogP contribution in [-0.4, -0.2) is 51.6 Å². The molecule has 4 saturated carbocycles. The average molecular weight is 477 g/mol. The molecule has 0 spiro atoms. The molecule has 9 heteroatoms. The van der Waals surface area contributed by atoms with Gasteiger partial charge in [-0.25, -0.2) is 4.79 Å². The molecule has 4 bridgehead atoms. The summed E-state index contributed by atoms with van der Waals surface area (Å²) in [5.41, 5.74) is 0.00731. The smallest absolute Gasteiger partial charge is 0.315 e. The topological polar surface area (TPSA) is 101 Å². The Morgan fingerprint density at radius 1 is 1.06 bits per heavy atom. The Bertz CT molecular complexity index is 804. The summed E-state index contributed by atoms with van der Waals surface area (Å²) in [7, 11) is 0. The van der Waals surface area contributed by atoms with Crippen molar-refractivity contribution in [3.8, 4) is 0 Å². The van der Waals surface area contributed by atoms with Crippen molar-refractivity contribution in [3.63, 3.8) is 0 Å². The zero-order valence-electron chi connectivity index (χ0n) is 20.4. The molecule has 1 aromatic rings. The van der Waals surface area contributed by atoms with E-state index >= 15 is 0 Å². The normalized spacial score (nSPS) is 27.7. The van der Waals surface area contributed by atoms with Crippen LogP contribution in [0, 0.1) is 23.7 Å². The monoisotopic (exact) mass is 476 g/mol. The molecule has 0 radical (unpaired) electrons. The van der Waals surface area contributed by atoms with E-state index in [-0.39, 0.29) is 17.5 Å². The lowest BCUT2D eigenvalue weighted by molar-refractivity contribution is -0.120. The highest BCUT2D eigenvalue weighted by Crippen LogP contribution is 2.55. The van der Waals surface area contributed by atoms with Crippen LogP contribution in [0.15, 0.2) is 5.16 Å². The van der Waals surface area contributed by atoms with Gasteiger partial charge in [-0.1, -0.05) is 25.6 Å². The fourth-order valence-electron chi connectivity index (χ4n) is 6.60. The van der Waals surface area contributed by atoms with Crippen molar-refractivity contribution in [2.75, 3.05) is 19.3 Å². The average Bonchev–Trinajstić information content (AvgIpc) is 3.10. The van der Waals surface area contributed by atoms with Crippen LogP contribution in [0.2, 0.25) is 0 Å². The second-order valence-electron chi connectivity index (χ2n) is 10.9. The minimum atomic E-state index is -0.112. The van der Waals surface area contributed by atoms with E-state index in [0.29, 0.717) is 25.4 Å². The second kappa shape index (κ2) is 10.7. The van der Waals surface area contributed by atoms with Crippen molar-refractivity contribution in [2.24, 2.45) is 23.7 Å². The third-order valence-electron chi connectivity index (χ3n) is 7.48. The van der Waals surface area contributed by atoms with Crippen LogP contribution in [-0.2, 0) is 17.8 Å². The molecular formula is C24H40N6O2S.